The molecule has 0 bridgehead atoms. The lowest BCUT2D eigenvalue weighted by atomic mass is 10.3. The highest BCUT2D eigenvalue weighted by Gasteiger charge is 2.33. The topological polar surface area (TPSA) is 84.1 Å². The molecule has 27 heavy (non-hydrogen) atoms. The van der Waals surface area contributed by atoms with E-state index in [9.17, 15) is 26.6 Å². The van der Waals surface area contributed by atoms with Crippen LogP contribution in [0, 0.1) is 0 Å². The lowest BCUT2D eigenvalue weighted by molar-refractivity contribution is -0.108. The first kappa shape index (κ1) is 20.6. The van der Waals surface area contributed by atoms with Crippen LogP contribution in [0.4, 0.5) is 28.3 Å². The number of H-pyrrole nitrogens is 1. The maximum Gasteiger partial charge on any atom is 0.442 e. The molecule has 0 radical (unpaired) electrons. The number of imidazole rings is 1. The van der Waals surface area contributed by atoms with E-state index in [2.05, 4.69) is 20.0 Å². The Kier molecular flexibility index (Phi) is 6.37. The molecule has 1 amide bonds. The third-order valence-electron chi connectivity index (χ3n) is 3.27. The number of allylic oxidation sites excluding steroid dienone is 3. The van der Waals surface area contributed by atoms with Crippen LogP contribution < -0.4 is 5.32 Å². The summed E-state index contributed by atoms with van der Waals surface area (Å²) in [5.41, 5.74) is 1.31. The van der Waals surface area contributed by atoms with Crippen LogP contribution in [0.5, 0.6) is 0 Å². The lowest BCUT2D eigenvalue weighted by Crippen LogP contribution is -2.11. The van der Waals surface area contributed by atoms with Crippen LogP contribution in [0.1, 0.15) is 6.92 Å². The van der Waals surface area contributed by atoms with Crippen LogP contribution in [0.25, 0.3) is 11.0 Å². The van der Waals surface area contributed by atoms with Crippen molar-refractivity contribution in [1.82, 2.24) is 9.97 Å². The third-order valence-corrected chi connectivity index (χ3v) is 4.76. The SMILES string of the molecule is COC(=O)Nc1nc2ccc(S(=O)C/C(C)=C/C=C(\F)C(F)(F)F)cc2[nH]1. The highest BCUT2D eigenvalue weighted by molar-refractivity contribution is 7.85. The molecule has 1 unspecified atom stereocenters. The van der Waals surface area contributed by atoms with E-state index in [0.29, 0.717) is 27.6 Å². The van der Waals surface area contributed by atoms with Crippen molar-refractivity contribution in [1.29, 1.82) is 0 Å². The zero-order valence-electron chi connectivity index (χ0n) is 14.2. The number of nitrogens with one attached hydrogen (secondary N) is 2. The third kappa shape index (κ3) is 5.64. The van der Waals surface area contributed by atoms with Crippen LogP contribution in [0.2, 0.25) is 0 Å². The van der Waals surface area contributed by atoms with Crippen molar-refractivity contribution in [2.45, 2.75) is 18.0 Å². The van der Waals surface area contributed by atoms with E-state index in [1.807, 2.05) is 0 Å². The van der Waals surface area contributed by atoms with Crippen LogP contribution in [0.3, 0.4) is 0 Å². The summed E-state index contributed by atoms with van der Waals surface area (Å²) in [6, 6.07) is 4.66. The van der Waals surface area contributed by atoms with Crippen molar-refractivity contribution in [2.75, 3.05) is 18.2 Å². The van der Waals surface area contributed by atoms with Gasteiger partial charge in [0.25, 0.3) is 0 Å². The van der Waals surface area contributed by atoms with Gasteiger partial charge in [0.15, 0.2) is 0 Å². The second-order valence-corrected chi connectivity index (χ2v) is 6.85. The van der Waals surface area contributed by atoms with Crippen LogP contribution in [0.15, 0.2) is 46.6 Å². The van der Waals surface area contributed by atoms with Gasteiger partial charge in [-0.25, -0.2) is 14.2 Å². The molecule has 0 saturated carbocycles. The molecule has 2 aromatic rings. The summed E-state index contributed by atoms with van der Waals surface area (Å²) in [5, 5.41) is 2.35. The number of nitrogens with zero attached hydrogens (tertiary/aromatic N) is 1. The summed E-state index contributed by atoms with van der Waals surface area (Å²) in [4.78, 5) is 18.5. The average molecular weight is 405 g/mol. The molecule has 0 aliphatic carbocycles. The Bertz CT molecular complexity index is 935. The summed E-state index contributed by atoms with van der Waals surface area (Å²) in [6.45, 7) is 1.45. The van der Waals surface area contributed by atoms with Gasteiger partial charge < -0.3 is 9.72 Å². The zero-order valence-corrected chi connectivity index (χ0v) is 15.0. The standard InChI is InChI=1S/C16H15F4N3O3S/c1-9(3-6-13(17)16(18,19)20)8-27(25)10-4-5-11-12(7-10)22-14(21-11)23-15(24)26-2/h3-7H,8H2,1-2H3,(H2,21,22,23,24)/b9-3+,13-6-. The summed E-state index contributed by atoms with van der Waals surface area (Å²) >= 11 is 0. The number of benzene rings is 1. The molecule has 0 aliphatic heterocycles. The van der Waals surface area contributed by atoms with Gasteiger partial charge in [-0.3, -0.25) is 9.53 Å². The molecule has 11 heteroatoms. The van der Waals surface area contributed by atoms with Crippen LogP contribution in [-0.4, -0.2) is 39.3 Å². The fourth-order valence-electron chi connectivity index (χ4n) is 1.99. The molecule has 0 spiro atoms. The summed E-state index contributed by atoms with van der Waals surface area (Å²) in [7, 11) is -0.370. The maximum absolute atomic E-state index is 12.8. The first-order valence-corrected chi connectivity index (χ1v) is 8.75. The first-order chi connectivity index (χ1) is 12.6. The molecule has 2 rings (SSSR count). The molecule has 1 atom stereocenters. The van der Waals surface area contributed by atoms with Gasteiger partial charge in [0.1, 0.15) is 0 Å². The maximum atomic E-state index is 12.8. The number of anilines is 1. The number of carbonyl (C=O) groups is 1. The number of amides is 1. The van der Waals surface area contributed by atoms with Crippen molar-refractivity contribution in [2.24, 2.45) is 0 Å². The Labute approximate surface area is 153 Å². The summed E-state index contributed by atoms with van der Waals surface area (Å²) in [5.74, 6) is -2.16. The Morgan fingerprint density at radius 2 is 2.07 bits per heavy atom. The normalized spacial score (nSPS) is 14.3. The Balaban J connectivity index is 2.14. The van der Waals surface area contributed by atoms with E-state index in [-0.39, 0.29) is 11.7 Å². The molecular weight excluding hydrogens is 390 g/mol. The number of hydrogen-bond acceptors (Lipinski definition) is 4. The molecule has 1 heterocycles. The molecule has 0 fully saturated rings. The van der Waals surface area contributed by atoms with Gasteiger partial charge in [-0.2, -0.15) is 13.2 Å². The number of halogens is 4. The molecule has 146 valence electrons. The number of methoxy groups -OCH3 is 1. The van der Waals surface area contributed by atoms with Gasteiger partial charge in [-0.1, -0.05) is 11.6 Å². The van der Waals surface area contributed by atoms with Gasteiger partial charge in [0, 0.05) is 10.6 Å². The number of ether oxygens (including phenoxy) is 1. The molecule has 1 aromatic carbocycles. The number of aromatic amines is 1. The van der Waals surface area contributed by atoms with E-state index in [1.54, 1.807) is 18.2 Å². The molecular formula is C16H15F4N3O3S. The minimum atomic E-state index is -5.04. The van der Waals surface area contributed by atoms with Gasteiger partial charge >= 0.3 is 12.3 Å². The lowest BCUT2D eigenvalue weighted by Gasteiger charge is -2.03. The average Bonchev–Trinajstić information content (AvgIpc) is 2.99. The predicted molar refractivity (Wildman–Crippen MR) is 92.4 cm³/mol. The van der Waals surface area contributed by atoms with Crippen molar-refractivity contribution >= 4 is 33.9 Å². The van der Waals surface area contributed by atoms with Gasteiger partial charge in [-0.15, -0.1) is 0 Å². The van der Waals surface area contributed by atoms with Crippen molar-refractivity contribution < 1.29 is 31.3 Å². The monoisotopic (exact) mass is 405 g/mol. The number of alkyl halides is 3. The van der Waals surface area contributed by atoms with Crippen LogP contribution >= 0.6 is 0 Å². The van der Waals surface area contributed by atoms with Gasteiger partial charge in [0.2, 0.25) is 11.8 Å². The molecule has 0 aliphatic rings. The summed E-state index contributed by atoms with van der Waals surface area (Å²) < 4.78 is 65.9. The summed E-state index contributed by atoms with van der Waals surface area (Å²) in [6.07, 6.45) is -4.52. The highest BCUT2D eigenvalue weighted by Crippen LogP contribution is 2.26. The molecule has 0 saturated heterocycles. The molecule has 6 nitrogen and oxygen atoms in total. The number of fused-ring (bicyclic) bond motifs is 1. The van der Waals surface area contributed by atoms with E-state index >= 15 is 0 Å². The van der Waals surface area contributed by atoms with E-state index < -0.39 is 28.9 Å². The minimum absolute atomic E-state index is 0.0749. The van der Waals surface area contributed by atoms with Gasteiger partial charge in [0.05, 0.1) is 28.9 Å². The van der Waals surface area contributed by atoms with E-state index in [1.165, 1.54) is 14.0 Å². The van der Waals surface area contributed by atoms with E-state index in [4.69, 9.17) is 0 Å². The molecule has 2 N–H and O–H groups in total. The molecule has 1 aromatic heterocycles. The van der Waals surface area contributed by atoms with Crippen molar-refractivity contribution in [3.8, 4) is 0 Å². The number of aromatic nitrogens is 2. The first-order valence-electron chi connectivity index (χ1n) is 7.43. The zero-order chi connectivity index (χ0) is 20.2. The highest BCUT2D eigenvalue weighted by atomic mass is 32.2. The second kappa shape index (κ2) is 8.33. The van der Waals surface area contributed by atoms with Crippen molar-refractivity contribution in [3.63, 3.8) is 0 Å². The Hall–Kier alpha value is -2.69. The largest absolute Gasteiger partial charge is 0.453 e. The van der Waals surface area contributed by atoms with E-state index in [0.717, 1.165) is 6.08 Å². The predicted octanol–water partition coefficient (Wildman–Crippen LogP) is 4.21. The van der Waals surface area contributed by atoms with Crippen molar-refractivity contribution in [3.05, 3.63) is 41.8 Å². The smallest absolute Gasteiger partial charge is 0.442 e. The van der Waals surface area contributed by atoms with Gasteiger partial charge in [-0.05, 0) is 31.2 Å². The van der Waals surface area contributed by atoms with Crippen LogP contribution in [-0.2, 0) is 15.5 Å². The number of carbonyl (C=O) groups excluding carboxylic acids is 1. The number of rotatable bonds is 5. The second-order valence-electron chi connectivity index (χ2n) is 5.40. The number of hydrogen-bond donors (Lipinski definition) is 2. The Morgan fingerprint density at radius 3 is 2.70 bits per heavy atom. The fraction of sp³-hybridized carbons (Fsp3) is 0.250. The fourth-order valence-corrected chi connectivity index (χ4v) is 3.13. The minimum Gasteiger partial charge on any atom is -0.453 e. The quantitative estimate of drug-likeness (QED) is 0.577. The Morgan fingerprint density at radius 1 is 1.37 bits per heavy atom.